The highest BCUT2D eigenvalue weighted by Gasteiger charge is 2.42. The average molecular weight is 701 g/mol. The molecule has 16 heteroatoms. The Labute approximate surface area is 306 Å². The van der Waals surface area contributed by atoms with Crippen LogP contribution in [0.1, 0.15) is 67.6 Å². The molecule has 1 saturated heterocycles. The van der Waals surface area contributed by atoms with E-state index in [1.54, 1.807) is 32.3 Å². The number of para-hydroxylation sites is 1. The number of fused-ring (bicyclic) bond motifs is 3. The van der Waals surface area contributed by atoms with Crippen molar-refractivity contribution in [3.8, 4) is 11.1 Å². The van der Waals surface area contributed by atoms with Crippen LogP contribution in [0.3, 0.4) is 0 Å². The van der Waals surface area contributed by atoms with Crippen LogP contribution >= 0.6 is 0 Å². The average Bonchev–Trinajstić information content (AvgIpc) is 3.84. The third-order valence-electron chi connectivity index (χ3n) is 9.75. The van der Waals surface area contributed by atoms with Crippen molar-refractivity contribution < 1.29 is 14.4 Å². The second-order valence-electron chi connectivity index (χ2n) is 14.3. The van der Waals surface area contributed by atoms with E-state index in [1.807, 2.05) is 54.9 Å². The number of benzene rings is 1. The molecular formula is C36H45B2N11O3. The minimum absolute atomic E-state index is 0.00621. The highest BCUT2D eigenvalue weighted by Crippen LogP contribution is 2.49. The molecule has 1 saturated carbocycles. The number of hydrogen-bond acceptors (Lipinski definition) is 10. The topological polar surface area (TPSA) is 180 Å². The maximum atomic E-state index is 13.1. The largest absolute Gasteiger partial charge is 0.393 e. The number of carbonyl (C=O) groups excluding carboxylic acids is 3. The van der Waals surface area contributed by atoms with E-state index in [0.717, 1.165) is 35.3 Å². The van der Waals surface area contributed by atoms with Gasteiger partial charge in [-0.1, -0.05) is 18.2 Å². The molecule has 3 amide bonds. The molecule has 1 atom stereocenters. The zero-order valence-electron chi connectivity index (χ0n) is 30.5. The van der Waals surface area contributed by atoms with Gasteiger partial charge >= 0.3 is 0 Å². The van der Waals surface area contributed by atoms with Gasteiger partial charge in [0.1, 0.15) is 17.2 Å². The third-order valence-corrected chi connectivity index (χ3v) is 9.75. The fourth-order valence-electron chi connectivity index (χ4n) is 6.56. The Morgan fingerprint density at radius 1 is 1.06 bits per heavy atom. The first-order valence-electron chi connectivity index (χ1n) is 17.4. The Hall–Kier alpha value is -5.24. The smallest absolute Gasteiger partial charge is 0.271 e. The van der Waals surface area contributed by atoms with Crippen LogP contribution in [0, 0.1) is 5.92 Å². The molecule has 52 heavy (non-hydrogen) atoms. The van der Waals surface area contributed by atoms with Gasteiger partial charge in [-0.15, -0.1) is 0 Å². The summed E-state index contributed by atoms with van der Waals surface area (Å²) in [6, 6.07) is 10.7. The van der Waals surface area contributed by atoms with Gasteiger partial charge in [0.2, 0.25) is 5.91 Å². The molecule has 1 aliphatic carbocycles. The predicted molar refractivity (Wildman–Crippen MR) is 202 cm³/mol. The van der Waals surface area contributed by atoms with Crippen LogP contribution in [0.25, 0.3) is 11.1 Å². The first kappa shape index (κ1) is 36.5. The van der Waals surface area contributed by atoms with Crippen LogP contribution in [0.5, 0.6) is 0 Å². The van der Waals surface area contributed by atoms with Crippen LogP contribution in [-0.2, 0) is 14.9 Å². The zero-order valence-corrected chi connectivity index (χ0v) is 30.5. The van der Waals surface area contributed by atoms with E-state index in [9.17, 15) is 14.4 Å². The molecule has 3 aliphatic rings. The number of anilines is 2. The Bertz CT molecular complexity index is 1960. The fourth-order valence-corrected chi connectivity index (χ4v) is 6.56. The van der Waals surface area contributed by atoms with E-state index in [4.69, 9.17) is 32.3 Å². The summed E-state index contributed by atoms with van der Waals surface area (Å²) in [4.78, 5) is 48.0. The van der Waals surface area contributed by atoms with Crippen molar-refractivity contribution in [1.82, 2.24) is 35.2 Å². The fraction of sp³-hybridized carbons (Fsp3) is 0.417. The summed E-state index contributed by atoms with van der Waals surface area (Å²) in [6.07, 6.45) is 5.00. The number of pyridine rings is 1. The Balaban J connectivity index is 1.27. The van der Waals surface area contributed by atoms with E-state index in [2.05, 4.69) is 32.8 Å². The van der Waals surface area contributed by atoms with E-state index in [-0.39, 0.29) is 58.8 Å². The molecule has 1 unspecified atom stereocenters. The summed E-state index contributed by atoms with van der Waals surface area (Å²) in [5.74, 6) is -0.831. The van der Waals surface area contributed by atoms with Gasteiger partial charge in [0.15, 0.2) is 0 Å². The van der Waals surface area contributed by atoms with Crippen LogP contribution in [0.4, 0.5) is 11.4 Å². The summed E-state index contributed by atoms with van der Waals surface area (Å²) < 4.78 is 2.04. The van der Waals surface area contributed by atoms with Crippen molar-refractivity contribution >= 4 is 44.8 Å². The van der Waals surface area contributed by atoms with E-state index < -0.39 is 11.2 Å². The molecule has 0 spiro atoms. The number of allylic oxidation sites excluding steroid dienone is 1. The van der Waals surface area contributed by atoms with Gasteiger partial charge < -0.3 is 42.1 Å². The molecule has 2 aromatic heterocycles. The van der Waals surface area contributed by atoms with Crippen molar-refractivity contribution in [3.05, 3.63) is 83.0 Å². The van der Waals surface area contributed by atoms with Crippen LogP contribution < -0.4 is 32.3 Å². The van der Waals surface area contributed by atoms with E-state index >= 15 is 0 Å². The molecule has 7 N–H and O–H groups in total. The quantitative estimate of drug-likeness (QED) is 0.112. The molecule has 4 heterocycles. The molecule has 2 fully saturated rings. The SMILES string of the molecule is [B]C([B])(c1cccc(C(=O)N(C)C)n1)N1CC(n2ncc3c2C(C)N(C)c2c(NC(/C=C(\N)NC(=O)C4CC4)=C(/N)C(=O)NC(C)C)cccc2-3)C1. The van der Waals surface area contributed by atoms with Gasteiger partial charge in [-0.2, -0.15) is 5.10 Å². The Morgan fingerprint density at radius 3 is 2.40 bits per heavy atom. The number of nitrogens with one attached hydrogen (secondary N) is 3. The maximum Gasteiger partial charge on any atom is 0.271 e. The summed E-state index contributed by atoms with van der Waals surface area (Å²) in [5.41, 5.74) is 18.0. The first-order valence-corrected chi connectivity index (χ1v) is 17.4. The summed E-state index contributed by atoms with van der Waals surface area (Å²) in [5, 5.41) is 12.4. The highest BCUT2D eigenvalue weighted by atomic mass is 16.2. The number of rotatable bonds is 11. The number of aromatic nitrogens is 3. The van der Waals surface area contributed by atoms with E-state index in [1.165, 1.54) is 11.0 Å². The molecule has 6 rings (SSSR count). The van der Waals surface area contributed by atoms with Crippen molar-refractivity contribution in [2.75, 3.05) is 44.4 Å². The number of amides is 3. The van der Waals surface area contributed by atoms with Crippen molar-refractivity contribution in [1.29, 1.82) is 0 Å². The monoisotopic (exact) mass is 701 g/mol. The summed E-state index contributed by atoms with van der Waals surface area (Å²) in [6.45, 7) is 6.84. The van der Waals surface area contributed by atoms with Crippen molar-refractivity contribution in [2.24, 2.45) is 17.4 Å². The molecule has 14 nitrogen and oxygen atoms in total. The summed E-state index contributed by atoms with van der Waals surface area (Å²) in [7, 11) is 18.6. The van der Waals surface area contributed by atoms with Crippen LogP contribution in [-0.4, -0.2) is 98.3 Å². The molecule has 2 aliphatic heterocycles. The van der Waals surface area contributed by atoms with E-state index in [0.29, 0.717) is 24.5 Å². The third kappa shape index (κ3) is 6.99. The number of hydrogen-bond donors (Lipinski definition) is 5. The first-order chi connectivity index (χ1) is 24.6. The molecule has 3 aromatic rings. The second-order valence-corrected chi connectivity index (χ2v) is 14.3. The van der Waals surface area contributed by atoms with Gasteiger partial charge in [0.05, 0.1) is 56.7 Å². The minimum Gasteiger partial charge on any atom is -0.393 e. The molecular weight excluding hydrogens is 656 g/mol. The lowest BCUT2D eigenvalue weighted by molar-refractivity contribution is -0.121. The van der Waals surface area contributed by atoms with Crippen molar-refractivity contribution in [2.45, 2.75) is 57.1 Å². The lowest BCUT2D eigenvalue weighted by Crippen LogP contribution is -2.60. The molecule has 0 bridgehead atoms. The van der Waals surface area contributed by atoms with Crippen LogP contribution in [0.15, 0.2) is 65.9 Å². The van der Waals surface area contributed by atoms with Gasteiger partial charge in [0.25, 0.3) is 11.8 Å². The van der Waals surface area contributed by atoms with Gasteiger partial charge in [0, 0.05) is 69.1 Å². The lowest BCUT2D eigenvalue weighted by atomic mass is 9.57. The number of nitrogens with two attached hydrogens (primary N) is 2. The second kappa shape index (κ2) is 14.1. The van der Waals surface area contributed by atoms with Gasteiger partial charge in [-0.3, -0.25) is 19.1 Å². The lowest BCUT2D eigenvalue weighted by Gasteiger charge is -2.50. The maximum absolute atomic E-state index is 13.1. The summed E-state index contributed by atoms with van der Waals surface area (Å²) >= 11 is 0. The van der Waals surface area contributed by atoms with Crippen LogP contribution in [0.2, 0.25) is 0 Å². The molecule has 1 aromatic carbocycles. The van der Waals surface area contributed by atoms with Gasteiger partial charge in [-0.05, 0) is 57.1 Å². The predicted octanol–water partition coefficient (Wildman–Crippen LogP) is 1.60. The zero-order chi connectivity index (χ0) is 37.6. The Morgan fingerprint density at radius 2 is 1.75 bits per heavy atom. The van der Waals surface area contributed by atoms with Gasteiger partial charge in [-0.25, -0.2) is 4.98 Å². The standard InChI is InChI=1S/C36H45B2N11O3/c1-19(2)42-34(51)30(40)27(15-29(39)45-33(50)21-13-14-21)43-25-10-7-9-23-24-16-41-49(31(24)20(3)47(6)32(23)25)22-17-48(18-22)36(37,38)28-12-8-11-26(44-28)35(52)46(4)5/h7-12,15-16,19-22,43H,13-14,17-18,39-40H2,1-6H3,(H,42,51)(H,45,50)/b29-15+,30-27+. The van der Waals surface area contributed by atoms with Crippen molar-refractivity contribution in [3.63, 3.8) is 0 Å². The number of nitrogens with zero attached hydrogens (tertiary/aromatic N) is 6. The minimum atomic E-state index is -1.39. The number of likely N-dealkylation sites (tertiary alicyclic amines) is 1. The Kier molecular flexibility index (Phi) is 9.88. The number of carbonyl (C=O) groups is 3. The highest BCUT2D eigenvalue weighted by molar-refractivity contribution is 6.39. The molecule has 4 radical (unpaired) electrons. The normalized spacial score (nSPS) is 18.2. The molecule has 268 valence electrons.